The zero-order chi connectivity index (χ0) is 14.8. The molecule has 4 nitrogen and oxygen atoms in total. The summed E-state index contributed by atoms with van der Waals surface area (Å²) in [6.07, 6.45) is 3.76. The standard InChI is InChI=1S/C17H25N3O/c1-13-17(21)20(12-15-10-6-7-11-19(15)2)16(18-13)14-8-4-3-5-9-14/h3-5,8-9,13,15-16,18H,6-7,10-12H2,1-2H3. The van der Waals surface area contributed by atoms with Crippen molar-refractivity contribution in [3.8, 4) is 0 Å². The lowest BCUT2D eigenvalue weighted by Gasteiger charge is -2.36. The molecule has 2 heterocycles. The Kier molecular flexibility index (Phi) is 4.27. The van der Waals surface area contributed by atoms with E-state index >= 15 is 0 Å². The predicted octanol–water partition coefficient (Wildman–Crippen LogP) is 1.99. The molecule has 1 N–H and O–H groups in total. The number of amides is 1. The highest BCUT2D eigenvalue weighted by Gasteiger charge is 2.38. The summed E-state index contributed by atoms with van der Waals surface area (Å²) in [5, 5.41) is 3.43. The summed E-state index contributed by atoms with van der Waals surface area (Å²) in [5.41, 5.74) is 1.17. The second-order valence-corrected chi connectivity index (χ2v) is 6.32. The SMILES string of the molecule is CC1NC(c2ccccc2)N(CC2CCCCN2C)C1=O. The molecule has 2 saturated heterocycles. The van der Waals surface area contributed by atoms with Crippen molar-refractivity contribution in [3.63, 3.8) is 0 Å². The molecule has 0 spiro atoms. The molecule has 0 saturated carbocycles. The second-order valence-electron chi connectivity index (χ2n) is 6.32. The zero-order valence-corrected chi connectivity index (χ0v) is 13.0. The number of carbonyl (C=O) groups excluding carboxylic acids is 1. The summed E-state index contributed by atoms with van der Waals surface area (Å²) < 4.78 is 0. The highest BCUT2D eigenvalue weighted by Crippen LogP contribution is 2.27. The van der Waals surface area contributed by atoms with Crippen molar-refractivity contribution in [1.29, 1.82) is 0 Å². The first kappa shape index (κ1) is 14.5. The minimum absolute atomic E-state index is 0.0176. The van der Waals surface area contributed by atoms with Gasteiger partial charge >= 0.3 is 0 Å². The third-order valence-electron chi connectivity index (χ3n) is 4.82. The number of piperidine rings is 1. The van der Waals surface area contributed by atoms with Crippen molar-refractivity contribution in [2.45, 2.75) is 44.4 Å². The maximum Gasteiger partial charge on any atom is 0.241 e. The Morgan fingerprint density at radius 1 is 1.24 bits per heavy atom. The lowest BCUT2D eigenvalue weighted by Crippen LogP contribution is -2.46. The maximum atomic E-state index is 12.5. The van der Waals surface area contributed by atoms with E-state index in [0.717, 1.165) is 13.1 Å². The molecule has 114 valence electrons. The maximum absolute atomic E-state index is 12.5. The van der Waals surface area contributed by atoms with E-state index in [9.17, 15) is 4.79 Å². The van der Waals surface area contributed by atoms with Crippen LogP contribution in [0.1, 0.15) is 37.9 Å². The number of carbonyl (C=O) groups is 1. The van der Waals surface area contributed by atoms with Crippen LogP contribution >= 0.6 is 0 Å². The van der Waals surface area contributed by atoms with Gasteiger partial charge in [0.25, 0.3) is 0 Å². The summed E-state index contributed by atoms with van der Waals surface area (Å²) in [6.45, 7) is 3.93. The van der Waals surface area contributed by atoms with E-state index < -0.39 is 0 Å². The van der Waals surface area contributed by atoms with Gasteiger partial charge in [-0.25, -0.2) is 0 Å². The molecule has 1 aromatic carbocycles. The molecule has 0 radical (unpaired) electrons. The molecule has 3 atom stereocenters. The third-order valence-corrected chi connectivity index (χ3v) is 4.82. The number of likely N-dealkylation sites (N-methyl/N-ethyl adjacent to an activating group) is 1. The van der Waals surface area contributed by atoms with Gasteiger partial charge in [0.1, 0.15) is 6.17 Å². The van der Waals surface area contributed by atoms with Gasteiger partial charge in [-0.2, -0.15) is 0 Å². The predicted molar refractivity (Wildman–Crippen MR) is 83.8 cm³/mol. The van der Waals surface area contributed by atoms with E-state index in [4.69, 9.17) is 0 Å². The van der Waals surface area contributed by atoms with E-state index in [1.165, 1.54) is 24.8 Å². The highest BCUT2D eigenvalue weighted by molar-refractivity contribution is 5.84. The molecule has 3 unspecified atom stereocenters. The quantitative estimate of drug-likeness (QED) is 0.923. The molecular formula is C17H25N3O. The monoisotopic (exact) mass is 287 g/mol. The fraction of sp³-hybridized carbons (Fsp3) is 0.588. The molecule has 0 bridgehead atoms. The minimum Gasteiger partial charge on any atom is -0.320 e. The summed E-state index contributed by atoms with van der Waals surface area (Å²) >= 11 is 0. The van der Waals surface area contributed by atoms with Crippen LogP contribution in [0.4, 0.5) is 0 Å². The summed E-state index contributed by atoms with van der Waals surface area (Å²) in [6, 6.07) is 10.7. The average Bonchev–Trinajstić information content (AvgIpc) is 2.79. The number of benzene rings is 1. The number of hydrogen-bond acceptors (Lipinski definition) is 3. The Hall–Kier alpha value is -1.39. The van der Waals surface area contributed by atoms with Crippen LogP contribution in [0.25, 0.3) is 0 Å². The van der Waals surface area contributed by atoms with Gasteiger partial charge in [0.2, 0.25) is 5.91 Å². The van der Waals surface area contributed by atoms with Crippen LogP contribution in [0.3, 0.4) is 0 Å². The van der Waals surface area contributed by atoms with Gasteiger partial charge in [0.05, 0.1) is 6.04 Å². The normalized spacial score (nSPS) is 30.9. The van der Waals surface area contributed by atoms with Crippen molar-refractivity contribution in [1.82, 2.24) is 15.1 Å². The van der Waals surface area contributed by atoms with E-state index in [1.54, 1.807) is 0 Å². The van der Waals surface area contributed by atoms with Gasteiger partial charge < -0.3 is 9.80 Å². The van der Waals surface area contributed by atoms with Crippen molar-refractivity contribution in [2.75, 3.05) is 20.1 Å². The Balaban J connectivity index is 1.78. The molecule has 2 aliphatic rings. The number of nitrogens with zero attached hydrogens (tertiary/aromatic N) is 2. The lowest BCUT2D eigenvalue weighted by atomic mass is 10.0. The van der Waals surface area contributed by atoms with Gasteiger partial charge in [-0.1, -0.05) is 36.8 Å². The summed E-state index contributed by atoms with van der Waals surface area (Å²) in [5.74, 6) is 0.225. The van der Waals surface area contributed by atoms with Gasteiger partial charge in [-0.05, 0) is 38.9 Å². The Bertz CT molecular complexity index is 490. The summed E-state index contributed by atoms with van der Waals surface area (Å²) in [7, 11) is 2.18. The molecule has 2 fully saturated rings. The first-order valence-electron chi connectivity index (χ1n) is 7.98. The Labute approximate surface area is 127 Å². The van der Waals surface area contributed by atoms with Crippen LogP contribution < -0.4 is 5.32 Å². The van der Waals surface area contributed by atoms with Gasteiger partial charge in [-0.15, -0.1) is 0 Å². The van der Waals surface area contributed by atoms with Crippen molar-refractivity contribution < 1.29 is 4.79 Å². The zero-order valence-electron chi connectivity index (χ0n) is 13.0. The molecule has 1 amide bonds. The van der Waals surface area contributed by atoms with Crippen LogP contribution in [0, 0.1) is 0 Å². The smallest absolute Gasteiger partial charge is 0.241 e. The lowest BCUT2D eigenvalue weighted by molar-refractivity contribution is -0.130. The molecule has 0 aromatic heterocycles. The van der Waals surface area contributed by atoms with E-state index in [1.807, 2.05) is 30.0 Å². The number of nitrogens with one attached hydrogen (secondary N) is 1. The van der Waals surface area contributed by atoms with Gasteiger partial charge in [0, 0.05) is 12.6 Å². The fourth-order valence-electron chi connectivity index (χ4n) is 3.48. The van der Waals surface area contributed by atoms with E-state index in [2.05, 4.69) is 29.4 Å². The first-order valence-corrected chi connectivity index (χ1v) is 7.98. The molecule has 3 rings (SSSR count). The molecule has 2 aliphatic heterocycles. The van der Waals surface area contributed by atoms with Gasteiger partial charge in [0.15, 0.2) is 0 Å². The first-order chi connectivity index (χ1) is 10.2. The van der Waals surface area contributed by atoms with Crippen molar-refractivity contribution >= 4 is 5.91 Å². The molecular weight excluding hydrogens is 262 g/mol. The van der Waals surface area contributed by atoms with Crippen molar-refractivity contribution in [3.05, 3.63) is 35.9 Å². The van der Waals surface area contributed by atoms with Crippen LogP contribution in [0.15, 0.2) is 30.3 Å². The topological polar surface area (TPSA) is 35.6 Å². The molecule has 4 heteroatoms. The van der Waals surface area contributed by atoms with E-state index in [0.29, 0.717) is 6.04 Å². The van der Waals surface area contributed by atoms with E-state index in [-0.39, 0.29) is 18.1 Å². The van der Waals surface area contributed by atoms with Crippen LogP contribution in [0.2, 0.25) is 0 Å². The average molecular weight is 287 g/mol. The number of rotatable bonds is 3. The molecule has 1 aromatic rings. The van der Waals surface area contributed by atoms with Crippen molar-refractivity contribution in [2.24, 2.45) is 0 Å². The number of hydrogen-bond donors (Lipinski definition) is 1. The number of likely N-dealkylation sites (tertiary alicyclic amines) is 1. The Morgan fingerprint density at radius 2 is 2.00 bits per heavy atom. The highest BCUT2D eigenvalue weighted by atomic mass is 16.2. The fourth-order valence-corrected chi connectivity index (χ4v) is 3.48. The van der Waals surface area contributed by atoms with Crippen LogP contribution in [-0.2, 0) is 4.79 Å². The second kappa shape index (κ2) is 6.16. The van der Waals surface area contributed by atoms with Crippen LogP contribution in [-0.4, -0.2) is 47.9 Å². The van der Waals surface area contributed by atoms with Gasteiger partial charge in [-0.3, -0.25) is 10.1 Å². The largest absolute Gasteiger partial charge is 0.320 e. The summed E-state index contributed by atoms with van der Waals surface area (Å²) in [4.78, 5) is 17.0. The van der Waals surface area contributed by atoms with Crippen LogP contribution in [0.5, 0.6) is 0 Å². The third kappa shape index (κ3) is 2.97. The molecule has 21 heavy (non-hydrogen) atoms. The molecule has 0 aliphatic carbocycles. The minimum atomic E-state index is -0.0934. The Morgan fingerprint density at radius 3 is 2.71 bits per heavy atom.